The molecule has 1 aromatic rings. The average Bonchev–Trinajstić information content (AvgIpc) is 3.11. The topological polar surface area (TPSA) is 29.5 Å². The third-order valence-corrected chi connectivity index (χ3v) is 3.04. The Balaban J connectivity index is 2.00. The molecule has 104 valence electrons. The van der Waals surface area contributed by atoms with Crippen LogP contribution in [0.1, 0.15) is 39.2 Å². The molecule has 0 heterocycles. The highest BCUT2D eigenvalue weighted by molar-refractivity contribution is 5.68. The average molecular weight is 261 g/mol. The summed E-state index contributed by atoms with van der Waals surface area (Å²) in [6.07, 6.45) is 2.26. The van der Waals surface area contributed by atoms with Gasteiger partial charge in [0, 0.05) is 13.1 Å². The van der Waals surface area contributed by atoms with Crippen molar-refractivity contribution in [1.29, 1.82) is 0 Å². The van der Waals surface area contributed by atoms with E-state index in [1.807, 2.05) is 56.0 Å². The van der Waals surface area contributed by atoms with Gasteiger partial charge in [-0.1, -0.05) is 30.3 Å². The zero-order chi connectivity index (χ0) is 13.9. The monoisotopic (exact) mass is 261 g/mol. The van der Waals surface area contributed by atoms with Crippen LogP contribution in [0.2, 0.25) is 0 Å². The number of carbonyl (C=O) groups excluding carboxylic acids is 1. The molecular formula is C16H23NO2. The van der Waals surface area contributed by atoms with Crippen LogP contribution in [0.3, 0.4) is 0 Å². The number of hydrogen-bond acceptors (Lipinski definition) is 2. The van der Waals surface area contributed by atoms with Gasteiger partial charge in [0.2, 0.25) is 0 Å². The highest BCUT2D eigenvalue weighted by Crippen LogP contribution is 2.30. The summed E-state index contributed by atoms with van der Waals surface area (Å²) in [5.74, 6) is 0.663. The van der Waals surface area contributed by atoms with Crippen molar-refractivity contribution >= 4 is 6.09 Å². The molecule has 1 aliphatic rings. The van der Waals surface area contributed by atoms with Gasteiger partial charge < -0.3 is 9.64 Å². The van der Waals surface area contributed by atoms with E-state index in [2.05, 4.69) is 0 Å². The standard InChI is InChI=1S/C16H23NO2/c1-16(2,3)19-15(18)17(12-14-9-10-14)11-13-7-5-4-6-8-13/h4-8,14H,9-12H2,1-3H3. The van der Waals surface area contributed by atoms with Crippen LogP contribution in [0.4, 0.5) is 4.79 Å². The molecule has 0 radical (unpaired) electrons. The lowest BCUT2D eigenvalue weighted by atomic mass is 10.2. The molecule has 0 aromatic heterocycles. The predicted octanol–water partition coefficient (Wildman–Crippen LogP) is 3.83. The number of nitrogens with zero attached hydrogens (tertiary/aromatic N) is 1. The third-order valence-electron chi connectivity index (χ3n) is 3.04. The third kappa shape index (κ3) is 4.93. The zero-order valence-corrected chi connectivity index (χ0v) is 12.1. The Bertz CT molecular complexity index is 418. The minimum Gasteiger partial charge on any atom is -0.444 e. The molecule has 1 aromatic carbocycles. The van der Waals surface area contributed by atoms with Crippen molar-refractivity contribution < 1.29 is 9.53 Å². The first-order valence-corrected chi connectivity index (χ1v) is 6.96. The molecule has 1 saturated carbocycles. The molecule has 0 saturated heterocycles. The van der Waals surface area contributed by atoms with Gasteiger partial charge in [-0.05, 0) is 45.1 Å². The molecule has 1 fully saturated rings. The molecule has 3 heteroatoms. The molecule has 0 atom stereocenters. The summed E-state index contributed by atoms with van der Waals surface area (Å²) in [7, 11) is 0. The van der Waals surface area contributed by atoms with Crippen molar-refractivity contribution in [1.82, 2.24) is 4.90 Å². The maximum absolute atomic E-state index is 12.2. The highest BCUT2D eigenvalue weighted by Gasteiger charge is 2.29. The van der Waals surface area contributed by atoms with Crippen LogP contribution in [-0.4, -0.2) is 23.1 Å². The van der Waals surface area contributed by atoms with E-state index in [1.54, 1.807) is 0 Å². The van der Waals surface area contributed by atoms with Gasteiger partial charge in [0.05, 0.1) is 0 Å². The number of carbonyl (C=O) groups is 1. The quantitative estimate of drug-likeness (QED) is 0.824. The normalized spacial score (nSPS) is 15.1. The van der Waals surface area contributed by atoms with Crippen LogP contribution in [0.25, 0.3) is 0 Å². The van der Waals surface area contributed by atoms with E-state index >= 15 is 0 Å². The summed E-state index contributed by atoms with van der Waals surface area (Å²) < 4.78 is 5.49. The zero-order valence-electron chi connectivity index (χ0n) is 12.1. The maximum Gasteiger partial charge on any atom is 0.410 e. The first kappa shape index (κ1) is 13.9. The summed E-state index contributed by atoms with van der Waals surface area (Å²) in [5.41, 5.74) is 0.712. The van der Waals surface area contributed by atoms with Crippen LogP contribution in [0.15, 0.2) is 30.3 Å². The summed E-state index contributed by atoms with van der Waals surface area (Å²) in [4.78, 5) is 14.1. The van der Waals surface area contributed by atoms with Crippen LogP contribution in [-0.2, 0) is 11.3 Å². The van der Waals surface area contributed by atoms with E-state index in [4.69, 9.17) is 4.74 Å². The summed E-state index contributed by atoms with van der Waals surface area (Å²) in [6, 6.07) is 10.1. The minimum absolute atomic E-state index is 0.205. The van der Waals surface area contributed by atoms with Crippen molar-refractivity contribution in [2.75, 3.05) is 6.54 Å². The van der Waals surface area contributed by atoms with Gasteiger partial charge in [-0.15, -0.1) is 0 Å². The number of ether oxygens (including phenoxy) is 1. The molecule has 0 unspecified atom stereocenters. The second kappa shape index (κ2) is 5.64. The van der Waals surface area contributed by atoms with E-state index in [-0.39, 0.29) is 6.09 Å². The first-order chi connectivity index (χ1) is 8.94. The number of benzene rings is 1. The van der Waals surface area contributed by atoms with E-state index in [9.17, 15) is 4.79 Å². The smallest absolute Gasteiger partial charge is 0.410 e. The van der Waals surface area contributed by atoms with Gasteiger partial charge in [-0.2, -0.15) is 0 Å². The van der Waals surface area contributed by atoms with Gasteiger partial charge in [0.1, 0.15) is 5.60 Å². The number of rotatable bonds is 4. The molecule has 2 rings (SSSR count). The van der Waals surface area contributed by atoms with Gasteiger partial charge in [0.25, 0.3) is 0 Å². The van der Waals surface area contributed by atoms with Crippen molar-refractivity contribution in [3.8, 4) is 0 Å². The summed E-state index contributed by atoms with van der Waals surface area (Å²) >= 11 is 0. The van der Waals surface area contributed by atoms with Gasteiger partial charge >= 0.3 is 6.09 Å². The SMILES string of the molecule is CC(C)(C)OC(=O)N(Cc1ccccc1)CC1CC1. The lowest BCUT2D eigenvalue weighted by Gasteiger charge is -2.27. The molecule has 0 bridgehead atoms. The van der Waals surface area contributed by atoms with Crippen LogP contribution >= 0.6 is 0 Å². The Morgan fingerprint density at radius 2 is 1.89 bits per heavy atom. The number of amides is 1. The molecule has 3 nitrogen and oxygen atoms in total. The Hall–Kier alpha value is -1.51. The van der Waals surface area contributed by atoms with Crippen molar-refractivity contribution in [2.45, 2.75) is 45.8 Å². The van der Waals surface area contributed by atoms with E-state index in [1.165, 1.54) is 12.8 Å². The summed E-state index contributed by atoms with van der Waals surface area (Å²) in [5, 5.41) is 0. The van der Waals surface area contributed by atoms with Gasteiger partial charge in [-0.3, -0.25) is 0 Å². The maximum atomic E-state index is 12.2. The number of hydrogen-bond donors (Lipinski definition) is 0. The van der Waals surface area contributed by atoms with Crippen LogP contribution in [0, 0.1) is 5.92 Å². The molecule has 0 spiro atoms. The molecule has 1 amide bonds. The van der Waals surface area contributed by atoms with E-state index in [0.29, 0.717) is 12.5 Å². The second-order valence-electron chi connectivity index (χ2n) is 6.29. The molecule has 19 heavy (non-hydrogen) atoms. The Labute approximate surface area is 115 Å². The highest BCUT2D eigenvalue weighted by atomic mass is 16.6. The molecule has 0 N–H and O–H groups in total. The lowest BCUT2D eigenvalue weighted by Crippen LogP contribution is -2.37. The molecule has 0 aliphatic heterocycles. The van der Waals surface area contributed by atoms with Crippen LogP contribution in [0.5, 0.6) is 0 Å². The van der Waals surface area contributed by atoms with Crippen molar-refractivity contribution in [3.63, 3.8) is 0 Å². The lowest BCUT2D eigenvalue weighted by molar-refractivity contribution is 0.0224. The fraction of sp³-hybridized carbons (Fsp3) is 0.562. The Morgan fingerprint density at radius 3 is 2.42 bits per heavy atom. The van der Waals surface area contributed by atoms with Crippen molar-refractivity contribution in [3.05, 3.63) is 35.9 Å². The first-order valence-electron chi connectivity index (χ1n) is 6.96. The minimum atomic E-state index is -0.435. The van der Waals surface area contributed by atoms with E-state index < -0.39 is 5.60 Å². The Kier molecular flexibility index (Phi) is 4.13. The van der Waals surface area contributed by atoms with Crippen molar-refractivity contribution in [2.24, 2.45) is 5.92 Å². The fourth-order valence-corrected chi connectivity index (χ4v) is 1.95. The van der Waals surface area contributed by atoms with E-state index in [0.717, 1.165) is 12.1 Å². The molecule has 1 aliphatic carbocycles. The Morgan fingerprint density at radius 1 is 1.26 bits per heavy atom. The van der Waals surface area contributed by atoms with Gasteiger partial charge in [0.15, 0.2) is 0 Å². The van der Waals surface area contributed by atoms with Crippen LogP contribution < -0.4 is 0 Å². The second-order valence-corrected chi connectivity index (χ2v) is 6.29. The fourth-order valence-electron chi connectivity index (χ4n) is 1.95. The predicted molar refractivity (Wildman–Crippen MR) is 75.8 cm³/mol. The molecular weight excluding hydrogens is 238 g/mol. The van der Waals surface area contributed by atoms with Gasteiger partial charge in [-0.25, -0.2) is 4.79 Å². The largest absolute Gasteiger partial charge is 0.444 e. The summed E-state index contributed by atoms with van der Waals surface area (Å²) in [6.45, 7) is 7.16.